The van der Waals surface area contributed by atoms with Gasteiger partial charge < -0.3 is 0 Å². The van der Waals surface area contributed by atoms with Crippen LogP contribution in [0.4, 0.5) is 0 Å². The number of rotatable bonds is 1. The number of hydrogen-bond acceptors (Lipinski definition) is 3. The fraction of sp³-hybridized carbons (Fsp3) is 0.133. The first-order valence-electron chi connectivity index (χ1n) is 5.81. The van der Waals surface area contributed by atoms with E-state index in [1.807, 2.05) is 50.2 Å². The first-order chi connectivity index (χ1) is 8.75. The van der Waals surface area contributed by atoms with Crippen LogP contribution in [0.15, 0.2) is 55.0 Å². The number of aromatic nitrogens is 3. The van der Waals surface area contributed by atoms with Crippen molar-refractivity contribution in [3.05, 3.63) is 66.4 Å². The molecule has 1 aromatic heterocycles. The fourth-order valence-electron chi connectivity index (χ4n) is 1.50. The minimum Gasteiger partial charge on any atom is -0.263 e. The lowest BCUT2D eigenvalue weighted by Gasteiger charge is -1.98. The molecule has 0 saturated carbocycles. The van der Waals surface area contributed by atoms with E-state index in [9.17, 15) is 0 Å². The van der Waals surface area contributed by atoms with Gasteiger partial charge in [0.1, 0.15) is 0 Å². The summed E-state index contributed by atoms with van der Waals surface area (Å²) in [7, 11) is 0. The zero-order chi connectivity index (χ0) is 12.8. The van der Waals surface area contributed by atoms with Gasteiger partial charge in [0.15, 0.2) is 0 Å². The van der Waals surface area contributed by atoms with Crippen molar-refractivity contribution in [2.24, 2.45) is 0 Å². The van der Waals surface area contributed by atoms with Crippen LogP contribution in [0.1, 0.15) is 11.4 Å². The fourth-order valence-corrected chi connectivity index (χ4v) is 1.50. The highest BCUT2D eigenvalue weighted by atomic mass is 14.8. The summed E-state index contributed by atoms with van der Waals surface area (Å²) in [5.74, 6) is 0. The molecule has 2 rings (SSSR count). The molecule has 0 spiro atoms. The maximum Gasteiger partial charge on any atom is 0.0887 e. The molecule has 1 aromatic carbocycles. The maximum absolute atomic E-state index is 4.55. The zero-order valence-electron chi connectivity index (χ0n) is 10.5. The summed E-state index contributed by atoms with van der Waals surface area (Å²) >= 11 is 0. The highest BCUT2D eigenvalue weighted by Gasteiger charge is 1.96. The van der Waals surface area contributed by atoms with Gasteiger partial charge in [-0.3, -0.25) is 15.0 Å². The SMILES string of the molecule is Cc1cnccc(C)nc(-c2ccccc2)cn1. The summed E-state index contributed by atoms with van der Waals surface area (Å²) in [5, 5.41) is 0. The summed E-state index contributed by atoms with van der Waals surface area (Å²) in [6, 6.07) is 11.9. The average Bonchev–Trinajstić information content (AvgIpc) is 2.40. The van der Waals surface area contributed by atoms with Crippen molar-refractivity contribution < 1.29 is 0 Å². The summed E-state index contributed by atoms with van der Waals surface area (Å²) in [4.78, 5) is 13.0. The van der Waals surface area contributed by atoms with Gasteiger partial charge in [-0.05, 0) is 19.9 Å². The Labute approximate surface area is 107 Å². The van der Waals surface area contributed by atoms with Gasteiger partial charge in [0.2, 0.25) is 0 Å². The van der Waals surface area contributed by atoms with Crippen LogP contribution in [0.2, 0.25) is 0 Å². The van der Waals surface area contributed by atoms with Gasteiger partial charge in [-0.2, -0.15) is 0 Å². The van der Waals surface area contributed by atoms with Crippen LogP contribution in [0.5, 0.6) is 0 Å². The van der Waals surface area contributed by atoms with Crippen molar-refractivity contribution in [1.29, 1.82) is 0 Å². The molecule has 18 heavy (non-hydrogen) atoms. The molecule has 0 aliphatic heterocycles. The van der Waals surface area contributed by atoms with Gasteiger partial charge in [-0.25, -0.2) is 0 Å². The number of nitrogens with zero attached hydrogens (tertiary/aromatic N) is 3. The van der Waals surface area contributed by atoms with E-state index in [2.05, 4.69) is 15.0 Å². The van der Waals surface area contributed by atoms with E-state index in [-0.39, 0.29) is 0 Å². The minimum absolute atomic E-state index is 0.850. The molecule has 0 saturated heterocycles. The Morgan fingerprint density at radius 3 is 2.39 bits per heavy atom. The molecule has 2 aromatic rings. The number of benzene rings is 1. The molecule has 0 unspecified atom stereocenters. The quantitative estimate of drug-likeness (QED) is 0.764. The van der Waals surface area contributed by atoms with Crippen LogP contribution in [-0.4, -0.2) is 15.0 Å². The molecule has 0 bridgehead atoms. The third kappa shape index (κ3) is 3.35. The maximum atomic E-state index is 4.55. The van der Waals surface area contributed by atoms with Crippen LogP contribution in [0.3, 0.4) is 0 Å². The molecule has 0 atom stereocenters. The molecule has 0 aliphatic rings. The molecule has 1 heterocycles. The van der Waals surface area contributed by atoms with E-state index in [1.165, 1.54) is 0 Å². The molecule has 3 heteroatoms. The van der Waals surface area contributed by atoms with Gasteiger partial charge in [0.25, 0.3) is 0 Å². The van der Waals surface area contributed by atoms with Crippen molar-refractivity contribution in [3.63, 3.8) is 0 Å². The van der Waals surface area contributed by atoms with E-state index < -0.39 is 0 Å². The van der Waals surface area contributed by atoms with E-state index in [4.69, 9.17) is 0 Å². The normalized spacial score (nSPS) is 9.67. The molecule has 0 radical (unpaired) electrons. The predicted octanol–water partition coefficient (Wildman–Crippen LogP) is 3.28. The Hall–Kier alpha value is -2.29. The zero-order valence-corrected chi connectivity index (χ0v) is 10.5. The Morgan fingerprint density at radius 1 is 0.833 bits per heavy atom. The summed E-state index contributed by atoms with van der Waals surface area (Å²) < 4.78 is 0. The summed E-state index contributed by atoms with van der Waals surface area (Å²) in [6.07, 6.45) is 5.24. The molecular weight excluding hydrogens is 222 g/mol. The van der Waals surface area contributed by atoms with E-state index in [1.54, 1.807) is 18.6 Å². The van der Waals surface area contributed by atoms with Crippen LogP contribution in [0.25, 0.3) is 11.3 Å². The Bertz CT molecular complexity index is 578. The molecule has 0 aliphatic carbocycles. The second-order valence-electron chi connectivity index (χ2n) is 4.00. The molecule has 0 fully saturated rings. The molecule has 3 nitrogen and oxygen atoms in total. The first kappa shape index (κ1) is 12.2. The highest BCUT2D eigenvalue weighted by molar-refractivity contribution is 5.57. The van der Waals surface area contributed by atoms with Gasteiger partial charge in [0.05, 0.1) is 17.6 Å². The van der Waals surface area contributed by atoms with Gasteiger partial charge >= 0.3 is 0 Å². The Kier molecular flexibility index (Phi) is 3.97. The second kappa shape index (κ2) is 5.87. The number of aryl methyl sites for hydroxylation is 2. The topological polar surface area (TPSA) is 38.7 Å². The largest absolute Gasteiger partial charge is 0.263 e. The van der Waals surface area contributed by atoms with Crippen LogP contribution in [-0.2, 0) is 0 Å². The smallest absolute Gasteiger partial charge is 0.0887 e. The second-order valence-corrected chi connectivity index (χ2v) is 4.00. The Balaban J connectivity index is 2.63. The monoisotopic (exact) mass is 237 g/mol. The Morgan fingerprint density at radius 2 is 1.61 bits per heavy atom. The van der Waals surface area contributed by atoms with Gasteiger partial charge in [0, 0.05) is 23.7 Å². The predicted molar refractivity (Wildman–Crippen MR) is 72.4 cm³/mol. The molecule has 0 amide bonds. The first-order valence-corrected chi connectivity index (χ1v) is 5.81. The molecular formula is C15H15N3. The lowest BCUT2D eigenvalue weighted by molar-refractivity contribution is 1.13. The van der Waals surface area contributed by atoms with Gasteiger partial charge in [-0.15, -0.1) is 0 Å². The third-order valence-electron chi connectivity index (χ3n) is 2.42. The van der Waals surface area contributed by atoms with Crippen molar-refractivity contribution in [3.8, 4) is 11.3 Å². The van der Waals surface area contributed by atoms with E-state index in [0.29, 0.717) is 0 Å². The van der Waals surface area contributed by atoms with Crippen molar-refractivity contribution >= 4 is 0 Å². The van der Waals surface area contributed by atoms with E-state index >= 15 is 0 Å². The minimum atomic E-state index is 0.850. The molecule has 90 valence electrons. The van der Waals surface area contributed by atoms with Crippen LogP contribution in [0, 0.1) is 13.8 Å². The van der Waals surface area contributed by atoms with Gasteiger partial charge in [-0.1, -0.05) is 30.3 Å². The summed E-state index contributed by atoms with van der Waals surface area (Å²) in [6.45, 7) is 3.86. The van der Waals surface area contributed by atoms with Crippen molar-refractivity contribution in [2.45, 2.75) is 13.8 Å². The van der Waals surface area contributed by atoms with Crippen LogP contribution >= 0.6 is 0 Å². The highest BCUT2D eigenvalue weighted by Crippen LogP contribution is 2.13. The standard InChI is InChI=1S/C15H15N3/c1-12-8-9-16-10-13(2)17-11-15(18-12)14-6-4-3-5-7-14/h3-11H,1-2H3. The average molecular weight is 237 g/mol. The lowest BCUT2D eigenvalue weighted by atomic mass is 10.2. The third-order valence-corrected chi connectivity index (χ3v) is 2.42. The summed E-state index contributed by atoms with van der Waals surface area (Å²) in [5.41, 5.74) is 3.66. The van der Waals surface area contributed by atoms with Crippen LogP contribution < -0.4 is 0 Å². The van der Waals surface area contributed by atoms with Crippen molar-refractivity contribution in [1.82, 2.24) is 15.0 Å². The van der Waals surface area contributed by atoms with E-state index in [0.717, 1.165) is 22.6 Å². The lowest BCUT2D eigenvalue weighted by Crippen LogP contribution is -1.86. The number of hydrogen-bond donors (Lipinski definition) is 0. The van der Waals surface area contributed by atoms with Crippen molar-refractivity contribution in [2.75, 3.05) is 0 Å². The molecule has 0 N–H and O–H groups in total.